The Kier molecular flexibility index (Phi) is 3.71. The van der Waals surface area contributed by atoms with Gasteiger partial charge in [-0.05, 0) is 30.5 Å². The maximum Gasteiger partial charge on any atom is 0.152 e. The summed E-state index contributed by atoms with van der Waals surface area (Å²) in [6.07, 6.45) is 0. The van der Waals surface area contributed by atoms with E-state index < -0.39 is 0 Å². The minimum Gasteiger partial charge on any atom is -0.394 e. The Morgan fingerprint density at radius 2 is 2.05 bits per heavy atom. The van der Waals surface area contributed by atoms with Gasteiger partial charge in [-0.25, -0.2) is 0 Å². The van der Waals surface area contributed by atoms with Gasteiger partial charge in [0.25, 0.3) is 0 Å². The summed E-state index contributed by atoms with van der Waals surface area (Å²) in [6.45, 7) is 6.12. The van der Waals surface area contributed by atoms with Crippen molar-refractivity contribution < 1.29 is 0 Å². The van der Waals surface area contributed by atoms with E-state index in [-0.39, 0.29) is 0 Å². The molecule has 19 heavy (non-hydrogen) atoms. The molecule has 0 aliphatic carbocycles. The molecule has 2 aromatic rings. The molecule has 0 atom stereocenters. The lowest BCUT2D eigenvalue weighted by Crippen LogP contribution is -2.01. The fraction of sp³-hybridized carbons (Fsp3) is 0.357. The van der Waals surface area contributed by atoms with Gasteiger partial charge < -0.3 is 11.1 Å². The van der Waals surface area contributed by atoms with Crippen molar-refractivity contribution in [1.29, 1.82) is 0 Å². The topological polar surface area (TPSA) is 55.9 Å². The summed E-state index contributed by atoms with van der Waals surface area (Å²) >= 11 is 6.12. The van der Waals surface area contributed by atoms with Crippen LogP contribution in [0.15, 0.2) is 18.2 Å². The zero-order valence-electron chi connectivity index (χ0n) is 11.7. The molecule has 0 spiro atoms. The lowest BCUT2D eigenvalue weighted by Gasteiger charge is -2.09. The Morgan fingerprint density at radius 1 is 1.37 bits per heavy atom. The standard InChI is InChI=1S/C14H19ClN4/c1-8(2)13-12(16)14(19(4)18-13)17-10-6-5-9(3)11(15)7-10/h5-8,17H,16H2,1-4H3. The van der Waals surface area contributed by atoms with Gasteiger partial charge in [0.2, 0.25) is 0 Å². The second kappa shape index (κ2) is 5.13. The fourth-order valence-electron chi connectivity index (χ4n) is 1.94. The summed E-state index contributed by atoms with van der Waals surface area (Å²) in [6, 6.07) is 5.83. The third kappa shape index (κ3) is 2.68. The maximum atomic E-state index is 6.14. The number of hydrogen-bond acceptors (Lipinski definition) is 3. The zero-order chi connectivity index (χ0) is 14.2. The van der Waals surface area contributed by atoms with E-state index in [9.17, 15) is 0 Å². The minimum absolute atomic E-state index is 0.295. The van der Waals surface area contributed by atoms with Crippen LogP contribution in [0.1, 0.15) is 31.0 Å². The molecule has 0 radical (unpaired) electrons. The fourth-order valence-corrected chi connectivity index (χ4v) is 2.12. The van der Waals surface area contributed by atoms with Crippen molar-refractivity contribution in [3.63, 3.8) is 0 Å². The van der Waals surface area contributed by atoms with Crippen molar-refractivity contribution >= 4 is 28.8 Å². The second-order valence-corrected chi connectivity index (χ2v) is 5.42. The van der Waals surface area contributed by atoms with Gasteiger partial charge in [-0.15, -0.1) is 0 Å². The molecule has 4 nitrogen and oxygen atoms in total. The Hall–Kier alpha value is -1.68. The number of aromatic nitrogens is 2. The molecule has 0 amide bonds. The molecule has 1 aromatic heterocycles. The van der Waals surface area contributed by atoms with Gasteiger partial charge in [0.05, 0.1) is 11.4 Å². The van der Waals surface area contributed by atoms with Gasteiger partial charge >= 0.3 is 0 Å². The number of nitrogens with zero attached hydrogens (tertiary/aromatic N) is 2. The quantitative estimate of drug-likeness (QED) is 0.897. The van der Waals surface area contributed by atoms with Crippen LogP contribution < -0.4 is 11.1 Å². The molecular weight excluding hydrogens is 260 g/mol. The van der Waals surface area contributed by atoms with Crippen LogP contribution in [0.3, 0.4) is 0 Å². The summed E-state index contributed by atoms with van der Waals surface area (Å²) in [7, 11) is 1.88. The van der Waals surface area contributed by atoms with Crippen molar-refractivity contribution in [2.24, 2.45) is 7.05 Å². The molecule has 102 valence electrons. The molecule has 0 saturated carbocycles. The van der Waals surface area contributed by atoms with E-state index in [1.165, 1.54) is 0 Å². The van der Waals surface area contributed by atoms with Crippen LogP contribution in [0.25, 0.3) is 0 Å². The average Bonchev–Trinajstić information content (AvgIpc) is 2.62. The predicted octanol–water partition coefficient (Wildman–Crippen LogP) is 3.83. The minimum atomic E-state index is 0.295. The molecule has 0 fully saturated rings. The number of benzene rings is 1. The van der Waals surface area contributed by atoms with Crippen molar-refractivity contribution in [3.8, 4) is 0 Å². The van der Waals surface area contributed by atoms with E-state index in [2.05, 4.69) is 24.3 Å². The lowest BCUT2D eigenvalue weighted by atomic mass is 10.1. The molecule has 0 unspecified atom stereocenters. The Balaban J connectivity index is 2.35. The molecule has 1 heterocycles. The Labute approximate surface area is 118 Å². The summed E-state index contributed by atoms with van der Waals surface area (Å²) in [5, 5.41) is 8.45. The number of rotatable bonds is 3. The van der Waals surface area contributed by atoms with Crippen LogP contribution in [0, 0.1) is 6.92 Å². The van der Waals surface area contributed by atoms with E-state index >= 15 is 0 Å². The van der Waals surface area contributed by atoms with Crippen molar-refractivity contribution in [1.82, 2.24) is 9.78 Å². The van der Waals surface area contributed by atoms with E-state index in [0.29, 0.717) is 11.6 Å². The molecule has 2 rings (SSSR count). The molecule has 5 heteroatoms. The predicted molar refractivity (Wildman–Crippen MR) is 81.2 cm³/mol. The molecule has 1 aromatic carbocycles. The van der Waals surface area contributed by atoms with Crippen LogP contribution in [0.5, 0.6) is 0 Å². The number of halogens is 1. The van der Waals surface area contributed by atoms with E-state index in [1.54, 1.807) is 4.68 Å². The van der Waals surface area contributed by atoms with Crippen LogP contribution in [0.2, 0.25) is 5.02 Å². The highest BCUT2D eigenvalue weighted by atomic mass is 35.5. The number of hydrogen-bond donors (Lipinski definition) is 2. The van der Waals surface area contributed by atoms with Crippen molar-refractivity contribution in [2.75, 3.05) is 11.1 Å². The SMILES string of the molecule is Cc1ccc(Nc2c(N)c(C(C)C)nn2C)cc1Cl. The number of anilines is 3. The van der Waals surface area contributed by atoms with E-state index in [0.717, 1.165) is 27.8 Å². The van der Waals surface area contributed by atoms with Gasteiger partial charge in [0.1, 0.15) is 0 Å². The molecular formula is C14H19ClN4. The van der Waals surface area contributed by atoms with Crippen LogP contribution in [-0.2, 0) is 7.05 Å². The number of nitrogen functional groups attached to an aromatic ring is 1. The molecule has 0 bridgehead atoms. The van der Waals surface area contributed by atoms with E-state index in [1.807, 2.05) is 32.2 Å². The van der Waals surface area contributed by atoms with Crippen LogP contribution >= 0.6 is 11.6 Å². The highest BCUT2D eigenvalue weighted by molar-refractivity contribution is 6.31. The van der Waals surface area contributed by atoms with E-state index in [4.69, 9.17) is 17.3 Å². The summed E-state index contributed by atoms with van der Waals surface area (Å²) in [5.74, 6) is 1.09. The smallest absolute Gasteiger partial charge is 0.152 e. The van der Waals surface area contributed by atoms with Gasteiger partial charge in [0, 0.05) is 17.8 Å². The Bertz CT molecular complexity index is 602. The number of nitrogens with two attached hydrogens (primary N) is 1. The zero-order valence-corrected chi connectivity index (χ0v) is 12.4. The first-order valence-corrected chi connectivity index (χ1v) is 6.63. The third-order valence-corrected chi connectivity index (χ3v) is 3.50. The van der Waals surface area contributed by atoms with Gasteiger partial charge in [-0.3, -0.25) is 4.68 Å². The molecule has 0 saturated heterocycles. The maximum absolute atomic E-state index is 6.14. The largest absolute Gasteiger partial charge is 0.394 e. The number of nitrogens with one attached hydrogen (secondary N) is 1. The highest BCUT2D eigenvalue weighted by Gasteiger charge is 2.16. The summed E-state index contributed by atoms with van der Waals surface area (Å²) in [5.41, 5.74) is 9.69. The lowest BCUT2D eigenvalue weighted by molar-refractivity contribution is 0.718. The first-order valence-electron chi connectivity index (χ1n) is 6.25. The van der Waals surface area contributed by atoms with Crippen molar-refractivity contribution in [3.05, 3.63) is 34.5 Å². The number of aryl methyl sites for hydroxylation is 2. The van der Waals surface area contributed by atoms with Crippen LogP contribution in [0.4, 0.5) is 17.2 Å². The Morgan fingerprint density at radius 3 is 2.58 bits per heavy atom. The van der Waals surface area contributed by atoms with Gasteiger partial charge in [-0.2, -0.15) is 5.10 Å². The summed E-state index contributed by atoms with van der Waals surface area (Å²) < 4.78 is 1.76. The summed E-state index contributed by atoms with van der Waals surface area (Å²) in [4.78, 5) is 0. The molecule has 0 aliphatic heterocycles. The van der Waals surface area contributed by atoms with Gasteiger partial charge in [-0.1, -0.05) is 31.5 Å². The van der Waals surface area contributed by atoms with Gasteiger partial charge in [0.15, 0.2) is 5.82 Å². The molecule has 3 N–H and O–H groups in total. The first-order chi connectivity index (χ1) is 8.90. The first kappa shape index (κ1) is 13.7. The second-order valence-electron chi connectivity index (χ2n) is 5.01. The highest BCUT2D eigenvalue weighted by Crippen LogP contribution is 2.31. The monoisotopic (exact) mass is 278 g/mol. The third-order valence-electron chi connectivity index (χ3n) is 3.09. The normalized spacial score (nSPS) is 11.1. The average molecular weight is 279 g/mol. The van der Waals surface area contributed by atoms with Crippen molar-refractivity contribution in [2.45, 2.75) is 26.7 Å². The molecule has 0 aliphatic rings. The van der Waals surface area contributed by atoms with Crippen LogP contribution in [-0.4, -0.2) is 9.78 Å².